The van der Waals surface area contributed by atoms with Crippen LogP contribution < -0.4 is 10.1 Å². The summed E-state index contributed by atoms with van der Waals surface area (Å²) in [6.07, 6.45) is 3.96. The minimum atomic E-state index is 0.468. The third kappa shape index (κ3) is 3.76. The molecule has 0 bridgehead atoms. The topological polar surface area (TPSA) is 21.3 Å². The predicted octanol–water partition coefficient (Wildman–Crippen LogP) is 2.40. The summed E-state index contributed by atoms with van der Waals surface area (Å²) in [7, 11) is 3.67. The number of rotatable bonds is 6. The molecule has 0 aliphatic rings. The van der Waals surface area contributed by atoms with Crippen molar-refractivity contribution in [1.82, 2.24) is 5.32 Å². The highest BCUT2D eigenvalue weighted by Crippen LogP contribution is 2.13. The van der Waals surface area contributed by atoms with E-state index in [1.165, 1.54) is 5.56 Å². The summed E-state index contributed by atoms with van der Waals surface area (Å²) in [5.74, 6) is 0.906. The normalized spacial score (nSPS) is 12.1. The maximum absolute atomic E-state index is 5.12. The predicted molar refractivity (Wildman–Crippen MR) is 64.4 cm³/mol. The molecule has 0 spiro atoms. The Morgan fingerprint density at radius 1 is 1.40 bits per heavy atom. The molecule has 2 nitrogen and oxygen atoms in total. The fourth-order valence-corrected chi connectivity index (χ4v) is 1.55. The van der Waals surface area contributed by atoms with Gasteiger partial charge >= 0.3 is 0 Å². The molecule has 0 fully saturated rings. The van der Waals surface area contributed by atoms with Crippen molar-refractivity contribution in [3.05, 3.63) is 42.5 Å². The molecule has 2 heteroatoms. The van der Waals surface area contributed by atoms with E-state index in [1.54, 1.807) is 7.11 Å². The molecule has 1 aromatic carbocycles. The van der Waals surface area contributed by atoms with Crippen molar-refractivity contribution in [2.45, 2.75) is 18.9 Å². The fraction of sp³-hybridized carbons (Fsp3) is 0.385. The first kappa shape index (κ1) is 11.8. The third-order valence-electron chi connectivity index (χ3n) is 2.50. The molecule has 82 valence electrons. The quantitative estimate of drug-likeness (QED) is 0.720. The number of methoxy groups -OCH3 is 1. The van der Waals surface area contributed by atoms with E-state index in [9.17, 15) is 0 Å². The summed E-state index contributed by atoms with van der Waals surface area (Å²) in [5.41, 5.74) is 1.32. The Balaban J connectivity index is 2.58. The minimum absolute atomic E-state index is 0.468. The molecule has 0 heterocycles. The Hall–Kier alpha value is -1.28. The van der Waals surface area contributed by atoms with Crippen molar-refractivity contribution in [1.29, 1.82) is 0 Å². The van der Waals surface area contributed by atoms with Gasteiger partial charge < -0.3 is 10.1 Å². The molecule has 0 aliphatic heterocycles. The van der Waals surface area contributed by atoms with Crippen LogP contribution >= 0.6 is 0 Å². The van der Waals surface area contributed by atoms with Gasteiger partial charge in [0, 0.05) is 6.04 Å². The minimum Gasteiger partial charge on any atom is -0.497 e. The van der Waals surface area contributed by atoms with Gasteiger partial charge in [0.25, 0.3) is 0 Å². The molecule has 15 heavy (non-hydrogen) atoms. The van der Waals surface area contributed by atoms with Crippen molar-refractivity contribution in [3.63, 3.8) is 0 Å². The number of nitrogens with one attached hydrogen (secondary N) is 1. The monoisotopic (exact) mass is 205 g/mol. The highest BCUT2D eigenvalue weighted by atomic mass is 16.5. The Morgan fingerprint density at radius 3 is 2.53 bits per heavy atom. The molecule has 0 aliphatic carbocycles. The van der Waals surface area contributed by atoms with Gasteiger partial charge in [0.15, 0.2) is 0 Å². The third-order valence-corrected chi connectivity index (χ3v) is 2.50. The van der Waals surface area contributed by atoms with Gasteiger partial charge in [0.2, 0.25) is 0 Å². The second-order valence-corrected chi connectivity index (χ2v) is 3.56. The van der Waals surface area contributed by atoms with Gasteiger partial charge in [-0.3, -0.25) is 0 Å². The first-order valence-electron chi connectivity index (χ1n) is 5.21. The average Bonchev–Trinajstić information content (AvgIpc) is 2.29. The Kier molecular flexibility index (Phi) is 4.91. The van der Waals surface area contributed by atoms with Crippen LogP contribution in [0.2, 0.25) is 0 Å². The second-order valence-electron chi connectivity index (χ2n) is 3.56. The van der Waals surface area contributed by atoms with E-state index < -0.39 is 0 Å². The Bertz CT molecular complexity index is 292. The van der Waals surface area contributed by atoms with Crippen molar-refractivity contribution in [3.8, 4) is 5.75 Å². The largest absolute Gasteiger partial charge is 0.497 e. The Morgan fingerprint density at radius 2 is 2.07 bits per heavy atom. The van der Waals surface area contributed by atoms with Gasteiger partial charge in [-0.15, -0.1) is 6.58 Å². The van der Waals surface area contributed by atoms with Crippen LogP contribution in [0.5, 0.6) is 5.75 Å². The van der Waals surface area contributed by atoms with Gasteiger partial charge in [0.05, 0.1) is 7.11 Å². The maximum atomic E-state index is 5.12. The average molecular weight is 205 g/mol. The smallest absolute Gasteiger partial charge is 0.118 e. The molecule has 0 saturated heterocycles. The summed E-state index contributed by atoms with van der Waals surface area (Å²) in [6, 6.07) is 8.67. The highest BCUT2D eigenvalue weighted by molar-refractivity contribution is 5.27. The number of hydrogen-bond donors (Lipinski definition) is 1. The van der Waals surface area contributed by atoms with E-state index in [4.69, 9.17) is 4.74 Å². The zero-order chi connectivity index (χ0) is 11.1. The van der Waals surface area contributed by atoms with Crippen LogP contribution in [0.1, 0.15) is 12.0 Å². The van der Waals surface area contributed by atoms with Crippen LogP contribution in [0, 0.1) is 0 Å². The summed E-state index contributed by atoms with van der Waals surface area (Å²) in [4.78, 5) is 0. The summed E-state index contributed by atoms with van der Waals surface area (Å²) in [6.45, 7) is 3.76. The molecule has 1 unspecified atom stereocenters. The lowest BCUT2D eigenvalue weighted by molar-refractivity contribution is 0.414. The lowest BCUT2D eigenvalue weighted by Gasteiger charge is -2.14. The van der Waals surface area contributed by atoms with Gasteiger partial charge in [-0.2, -0.15) is 0 Å². The second kappa shape index (κ2) is 6.25. The summed E-state index contributed by atoms with van der Waals surface area (Å²) < 4.78 is 5.12. The Labute approximate surface area is 92.0 Å². The van der Waals surface area contributed by atoms with Crippen LogP contribution in [-0.4, -0.2) is 20.2 Å². The van der Waals surface area contributed by atoms with Gasteiger partial charge in [-0.25, -0.2) is 0 Å². The zero-order valence-corrected chi connectivity index (χ0v) is 9.49. The molecule has 1 aromatic rings. The molecular weight excluding hydrogens is 186 g/mol. The van der Waals surface area contributed by atoms with Crippen molar-refractivity contribution in [2.24, 2.45) is 0 Å². The fourth-order valence-electron chi connectivity index (χ4n) is 1.55. The summed E-state index contributed by atoms with van der Waals surface area (Å²) in [5, 5.41) is 3.28. The van der Waals surface area contributed by atoms with E-state index in [0.29, 0.717) is 6.04 Å². The number of ether oxygens (including phenoxy) is 1. The molecule has 0 radical (unpaired) electrons. The van der Waals surface area contributed by atoms with Crippen molar-refractivity contribution in [2.75, 3.05) is 14.2 Å². The lowest BCUT2D eigenvalue weighted by atomic mass is 10.0. The van der Waals surface area contributed by atoms with E-state index >= 15 is 0 Å². The SMILES string of the molecule is C=CCC(Cc1ccc(OC)cc1)NC. The molecule has 1 N–H and O–H groups in total. The maximum Gasteiger partial charge on any atom is 0.118 e. The number of likely N-dealkylation sites (N-methyl/N-ethyl adjacent to an activating group) is 1. The highest BCUT2D eigenvalue weighted by Gasteiger charge is 2.04. The molecule has 0 amide bonds. The standard InChI is InChI=1S/C13H19NO/c1-4-5-12(14-2)10-11-6-8-13(15-3)9-7-11/h4,6-9,12,14H,1,5,10H2,2-3H3. The lowest BCUT2D eigenvalue weighted by Crippen LogP contribution is -2.26. The van der Waals surface area contributed by atoms with E-state index in [2.05, 4.69) is 24.0 Å². The van der Waals surface area contributed by atoms with E-state index in [-0.39, 0.29) is 0 Å². The van der Waals surface area contributed by atoms with E-state index in [1.807, 2.05) is 25.3 Å². The zero-order valence-electron chi connectivity index (χ0n) is 9.49. The first-order valence-corrected chi connectivity index (χ1v) is 5.21. The molecule has 1 rings (SSSR count). The molecule has 1 atom stereocenters. The van der Waals surface area contributed by atoms with Gasteiger partial charge in [0.1, 0.15) is 5.75 Å². The van der Waals surface area contributed by atoms with Crippen molar-refractivity contribution >= 4 is 0 Å². The summed E-state index contributed by atoms with van der Waals surface area (Å²) >= 11 is 0. The van der Waals surface area contributed by atoms with E-state index in [0.717, 1.165) is 18.6 Å². The first-order chi connectivity index (χ1) is 7.30. The molecule has 0 saturated carbocycles. The number of hydrogen-bond acceptors (Lipinski definition) is 2. The van der Waals surface area contributed by atoms with Gasteiger partial charge in [-0.1, -0.05) is 18.2 Å². The van der Waals surface area contributed by atoms with Crippen LogP contribution in [0.25, 0.3) is 0 Å². The van der Waals surface area contributed by atoms with Crippen LogP contribution in [0.3, 0.4) is 0 Å². The van der Waals surface area contributed by atoms with Crippen LogP contribution in [0.15, 0.2) is 36.9 Å². The number of benzene rings is 1. The molecular formula is C13H19NO. The van der Waals surface area contributed by atoms with Gasteiger partial charge in [-0.05, 0) is 37.6 Å². The molecule has 0 aromatic heterocycles. The van der Waals surface area contributed by atoms with Crippen LogP contribution in [-0.2, 0) is 6.42 Å². The van der Waals surface area contributed by atoms with Crippen LogP contribution in [0.4, 0.5) is 0 Å². The van der Waals surface area contributed by atoms with Crippen molar-refractivity contribution < 1.29 is 4.74 Å².